The lowest BCUT2D eigenvalue weighted by atomic mass is 10.2. The van der Waals surface area contributed by atoms with Crippen LogP contribution >= 0.6 is 11.3 Å². The van der Waals surface area contributed by atoms with Crippen LogP contribution in [0.15, 0.2) is 36.0 Å². The molecule has 0 unspecified atom stereocenters. The highest BCUT2D eigenvalue weighted by Gasteiger charge is 2.15. The molecule has 0 aliphatic rings. The highest BCUT2D eigenvalue weighted by Crippen LogP contribution is 2.25. The molecule has 0 aromatic carbocycles. The van der Waals surface area contributed by atoms with Gasteiger partial charge < -0.3 is 5.32 Å². The number of nitrogens with one attached hydrogen (secondary N) is 1. The normalized spacial score (nSPS) is 11.0. The summed E-state index contributed by atoms with van der Waals surface area (Å²) in [5.74, 6) is -0.104. The molecule has 0 atom stereocenters. The minimum Gasteiger partial charge on any atom is -0.352 e. The van der Waals surface area contributed by atoms with Gasteiger partial charge in [0.05, 0.1) is 16.8 Å². The molecule has 1 N–H and O–H groups in total. The third-order valence-corrected chi connectivity index (χ3v) is 4.63. The summed E-state index contributed by atoms with van der Waals surface area (Å²) in [5.41, 5.74) is 2.08. The van der Waals surface area contributed by atoms with Crippen LogP contribution in [-0.2, 0) is 0 Å². The summed E-state index contributed by atoms with van der Waals surface area (Å²) < 4.78 is 1.73. The smallest absolute Gasteiger partial charge is 0.256 e. The predicted octanol–water partition coefficient (Wildman–Crippen LogP) is 3.77. The standard InChI is InChI=1S/C17H20N4OS/c1-2-3-4-5-9-19-17(22)13-12-20-21-14(8-10-18-16(13)21)15-7-6-11-23-15/h6-8,10-12H,2-5,9H2,1H3,(H,19,22). The number of aromatic nitrogens is 3. The Bertz CT molecular complexity index is 779. The molecule has 0 aliphatic carbocycles. The van der Waals surface area contributed by atoms with Gasteiger partial charge in [0.1, 0.15) is 5.56 Å². The summed E-state index contributed by atoms with van der Waals surface area (Å²) in [5, 5.41) is 9.34. The number of unbranched alkanes of at least 4 members (excludes halogenated alkanes) is 3. The summed E-state index contributed by atoms with van der Waals surface area (Å²) in [6, 6.07) is 5.95. The number of nitrogens with zero attached hydrogens (tertiary/aromatic N) is 3. The number of hydrogen-bond acceptors (Lipinski definition) is 4. The highest BCUT2D eigenvalue weighted by molar-refractivity contribution is 7.13. The van der Waals surface area contributed by atoms with E-state index >= 15 is 0 Å². The van der Waals surface area contributed by atoms with Gasteiger partial charge in [0.15, 0.2) is 5.65 Å². The van der Waals surface area contributed by atoms with Crippen LogP contribution in [0.2, 0.25) is 0 Å². The molecule has 1 amide bonds. The van der Waals surface area contributed by atoms with Gasteiger partial charge in [-0.1, -0.05) is 32.3 Å². The molecule has 3 rings (SSSR count). The average Bonchev–Trinajstić information content (AvgIpc) is 3.23. The van der Waals surface area contributed by atoms with Crippen LogP contribution in [0.1, 0.15) is 43.0 Å². The molecule has 0 bridgehead atoms. The Morgan fingerprint density at radius 1 is 1.30 bits per heavy atom. The van der Waals surface area contributed by atoms with Gasteiger partial charge in [-0.05, 0) is 23.9 Å². The maximum Gasteiger partial charge on any atom is 0.256 e. The van der Waals surface area contributed by atoms with Crippen molar-refractivity contribution in [2.45, 2.75) is 32.6 Å². The van der Waals surface area contributed by atoms with Gasteiger partial charge in [0.25, 0.3) is 5.91 Å². The molecule has 5 nitrogen and oxygen atoms in total. The van der Waals surface area contributed by atoms with E-state index in [-0.39, 0.29) is 5.91 Å². The second-order valence-electron chi connectivity index (χ2n) is 5.42. The summed E-state index contributed by atoms with van der Waals surface area (Å²) in [6.07, 6.45) is 7.87. The monoisotopic (exact) mass is 328 g/mol. The van der Waals surface area contributed by atoms with Crippen LogP contribution in [0.25, 0.3) is 16.2 Å². The zero-order chi connectivity index (χ0) is 16.1. The molecule has 0 radical (unpaired) electrons. The molecule has 0 spiro atoms. The van der Waals surface area contributed by atoms with Gasteiger partial charge in [0.2, 0.25) is 0 Å². The molecule has 120 valence electrons. The first-order chi connectivity index (χ1) is 11.3. The second kappa shape index (κ2) is 7.37. The van der Waals surface area contributed by atoms with Crippen molar-refractivity contribution in [3.63, 3.8) is 0 Å². The van der Waals surface area contributed by atoms with E-state index in [0.29, 0.717) is 17.8 Å². The highest BCUT2D eigenvalue weighted by atomic mass is 32.1. The number of rotatable bonds is 7. The molecule has 6 heteroatoms. The van der Waals surface area contributed by atoms with E-state index in [0.717, 1.165) is 23.4 Å². The number of thiophene rings is 1. The molecule has 3 aromatic rings. The molecule has 0 aliphatic heterocycles. The van der Waals surface area contributed by atoms with Gasteiger partial charge in [-0.25, -0.2) is 9.50 Å². The Morgan fingerprint density at radius 2 is 2.22 bits per heavy atom. The van der Waals surface area contributed by atoms with Gasteiger partial charge >= 0.3 is 0 Å². The van der Waals surface area contributed by atoms with Crippen molar-refractivity contribution in [1.29, 1.82) is 0 Å². The van der Waals surface area contributed by atoms with Crippen molar-refractivity contribution in [3.05, 3.63) is 41.5 Å². The lowest BCUT2D eigenvalue weighted by molar-refractivity contribution is 0.0954. The lowest BCUT2D eigenvalue weighted by Gasteiger charge is -2.04. The van der Waals surface area contributed by atoms with Gasteiger partial charge in [-0.15, -0.1) is 11.3 Å². The molecule has 0 saturated carbocycles. The van der Waals surface area contributed by atoms with Crippen LogP contribution in [0.5, 0.6) is 0 Å². The van der Waals surface area contributed by atoms with E-state index in [9.17, 15) is 4.79 Å². The maximum absolute atomic E-state index is 12.3. The Hall–Kier alpha value is -2.21. The van der Waals surface area contributed by atoms with E-state index in [1.807, 2.05) is 23.6 Å². The van der Waals surface area contributed by atoms with Crippen LogP contribution in [0, 0.1) is 0 Å². The fourth-order valence-corrected chi connectivity index (χ4v) is 3.25. The van der Waals surface area contributed by atoms with Crippen LogP contribution in [-0.4, -0.2) is 27.0 Å². The number of hydrogen-bond donors (Lipinski definition) is 1. The van der Waals surface area contributed by atoms with E-state index in [1.165, 1.54) is 12.8 Å². The van der Waals surface area contributed by atoms with Crippen molar-refractivity contribution in [1.82, 2.24) is 19.9 Å². The van der Waals surface area contributed by atoms with E-state index < -0.39 is 0 Å². The van der Waals surface area contributed by atoms with Crippen molar-refractivity contribution >= 4 is 22.9 Å². The van der Waals surface area contributed by atoms with Crippen molar-refractivity contribution in [2.75, 3.05) is 6.54 Å². The molecule has 3 heterocycles. The Labute approximate surface area is 139 Å². The second-order valence-corrected chi connectivity index (χ2v) is 6.37. The quantitative estimate of drug-likeness (QED) is 0.672. The average molecular weight is 328 g/mol. The van der Waals surface area contributed by atoms with Gasteiger partial charge in [-0.3, -0.25) is 4.79 Å². The third-order valence-electron chi connectivity index (χ3n) is 3.74. The summed E-state index contributed by atoms with van der Waals surface area (Å²) in [6.45, 7) is 2.87. The number of fused-ring (bicyclic) bond motifs is 1. The Kier molecular flexibility index (Phi) is 5.02. The molecule has 0 fully saturated rings. The molecular formula is C17H20N4OS. The maximum atomic E-state index is 12.3. The molecule has 0 saturated heterocycles. The summed E-state index contributed by atoms with van der Waals surface area (Å²) >= 11 is 1.64. The topological polar surface area (TPSA) is 59.3 Å². The third kappa shape index (κ3) is 3.42. The fourth-order valence-electron chi connectivity index (χ4n) is 2.51. The number of carbonyl (C=O) groups excluding carboxylic acids is 1. The Morgan fingerprint density at radius 3 is 3.00 bits per heavy atom. The number of carbonyl (C=O) groups is 1. The van der Waals surface area contributed by atoms with E-state index in [4.69, 9.17) is 0 Å². The first kappa shape index (κ1) is 15.7. The van der Waals surface area contributed by atoms with Crippen LogP contribution in [0.4, 0.5) is 0 Å². The lowest BCUT2D eigenvalue weighted by Crippen LogP contribution is -2.24. The van der Waals surface area contributed by atoms with Crippen LogP contribution < -0.4 is 5.32 Å². The fraction of sp³-hybridized carbons (Fsp3) is 0.353. The van der Waals surface area contributed by atoms with Crippen molar-refractivity contribution in [3.8, 4) is 10.6 Å². The van der Waals surface area contributed by atoms with Gasteiger partial charge in [0, 0.05) is 12.7 Å². The first-order valence-electron chi connectivity index (χ1n) is 7.96. The minimum atomic E-state index is -0.104. The summed E-state index contributed by atoms with van der Waals surface area (Å²) in [4.78, 5) is 17.8. The van der Waals surface area contributed by atoms with E-state index in [2.05, 4.69) is 22.3 Å². The first-order valence-corrected chi connectivity index (χ1v) is 8.84. The summed E-state index contributed by atoms with van der Waals surface area (Å²) in [7, 11) is 0. The predicted molar refractivity (Wildman–Crippen MR) is 92.8 cm³/mol. The SMILES string of the molecule is CCCCCCNC(=O)c1cnn2c(-c3cccs3)ccnc12. The molecule has 23 heavy (non-hydrogen) atoms. The number of amides is 1. The van der Waals surface area contributed by atoms with E-state index in [1.54, 1.807) is 28.2 Å². The molecule has 3 aromatic heterocycles. The zero-order valence-corrected chi connectivity index (χ0v) is 14.0. The molecular weight excluding hydrogens is 308 g/mol. The van der Waals surface area contributed by atoms with Crippen molar-refractivity contribution < 1.29 is 4.79 Å². The zero-order valence-electron chi connectivity index (χ0n) is 13.2. The largest absolute Gasteiger partial charge is 0.352 e. The Balaban J connectivity index is 1.77. The van der Waals surface area contributed by atoms with Crippen molar-refractivity contribution in [2.24, 2.45) is 0 Å². The van der Waals surface area contributed by atoms with Gasteiger partial charge in [-0.2, -0.15) is 5.10 Å². The van der Waals surface area contributed by atoms with Crippen LogP contribution in [0.3, 0.4) is 0 Å². The minimum absolute atomic E-state index is 0.104.